The molecule has 23 heavy (non-hydrogen) atoms. The summed E-state index contributed by atoms with van der Waals surface area (Å²) < 4.78 is 26.8. The summed E-state index contributed by atoms with van der Waals surface area (Å²) in [5, 5.41) is 0.471. The lowest BCUT2D eigenvalue weighted by Crippen LogP contribution is -2.45. The van der Waals surface area contributed by atoms with Crippen LogP contribution in [0.1, 0.15) is 11.1 Å². The van der Waals surface area contributed by atoms with Crippen LogP contribution in [-0.4, -0.2) is 36.0 Å². The number of hydrogen-bond acceptors (Lipinski definition) is 2. The monoisotopic (exact) mass is 336 g/mol. The highest BCUT2D eigenvalue weighted by atomic mass is 35.5. The van der Waals surface area contributed by atoms with Gasteiger partial charge in [-0.25, -0.2) is 8.78 Å². The van der Waals surface area contributed by atoms with E-state index in [4.69, 9.17) is 11.6 Å². The molecule has 2 aromatic carbocycles. The van der Waals surface area contributed by atoms with Crippen molar-refractivity contribution < 1.29 is 8.78 Å². The van der Waals surface area contributed by atoms with Crippen LogP contribution in [0.15, 0.2) is 42.5 Å². The Balaban J connectivity index is 1.53. The number of rotatable bonds is 4. The van der Waals surface area contributed by atoms with Crippen LogP contribution >= 0.6 is 11.6 Å². The minimum Gasteiger partial charge on any atom is -0.296 e. The Labute approximate surface area is 140 Å². The molecule has 0 unspecified atom stereocenters. The van der Waals surface area contributed by atoms with Crippen LogP contribution in [0.2, 0.25) is 5.02 Å². The van der Waals surface area contributed by atoms with E-state index in [9.17, 15) is 8.78 Å². The predicted octanol–water partition coefficient (Wildman–Crippen LogP) is 3.94. The molecule has 1 fully saturated rings. The number of halogens is 3. The van der Waals surface area contributed by atoms with Crippen molar-refractivity contribution in [3.05, 3.63) is 70.2 Å². The minimum atomic E-state index is -0.312. The summed E-state index contributed by atoms with van der Waals surface area (Å²) in [6.45, 7) is 4.90. The molecule has 0 aromatic heterocycles. The molecule has 0 saturated carbocycles. The van der Waals surface area contributed by atoms with Gasteiger partial charge in [0.2, 0.25) is 0 Å². The number of nitrogens with zero attached hydrogens (tertiary/aromatic N) is 2. The normalized spacial score (nSPS) is 16.7. The second-order valence-corrected chi connectivity index (χ2v) is 6.29. The second-order valence-electron chi connectivity index (χ2n) is 5.88. The Morgan fingerprint density at radius 3 is 2.04 bits per heavy atom. The quantitative estimate of drug-likeness (QED) is 0.834. The Morgan fingerprint density at radius 2 is 1.43 bits per heavy atom. The van der Waals surface area contributed by atoms with Crippen molar-refractivity contribution in [1.29, 1.82) is 0 Å². The summed E-state index contributed by atoms with van der Waals surface area (Å²) in [4.78, 5) is 4.54. The molecular formula is C18H19ClF2N2. The topological polar surface area (TPSA) is 6.48 Å². The molecule has 1 aliphatic rings. The van der Waals surface area contributed by atoms with E-state index in [0.29, 0.717) is 18.1 Å². The summed E-state index contributed by atoms with van der Waals surface area (Å²) in [5.41, 5.74) is 1.68. The van der Waals surface area contributed by atoms with Gasteiger partial charge in [-0.05, 0) is 23.8 Å². The van der Waals surface area contributed by atoms with Crippen LogP contribution in [0.25, 0.3) is 0 Å². The molecule has 1 heterocycles. The lowest BCUT2D eigenvalue weighted by atomic mass is 10.1. The molecule has 1 saturated heterocycles. The van der Waals surface area contributed by atoms with E-state index < -0.39 is 0 Å². The average molecular weight is 337 g/mol. The van der Waals surface area contributed by atoms with Crippen LogP contribution < -0.4 is 0 Å². The van der Waals surface area contributed by atoms with Crippen LogP contribution in [-0.2, 0) is 13.1 Å². The van der Waals surface area contributed by atoms with Crippen molar-refractivity contribution in [3.63, 3.8) is 0 Å². The maximum atomic E-state index is 13.7. The van der Waals surface area contributed by atoms with E-state index >= 15 is 0 Å². The van der Waals surface area contributed by atoms with Gasteiger partial charge in [-0.3, -0.25) is 9.80 Å². The van der Waals surface area contributed by atoms with Crippen molar-refractivity contribution >= 4 is 11.6 Å². The Kier molecular flexibility index (Phi) is 5.26. The first-order chi connectivity index (χ1) is 11.1. The SMILES string of the molecule is Fc1ccc(CN2CCN(Cc3ccccc3F)CC2)c(Cl)c1. The Bertz CT molecular complexity index is 670. The Morgan fingerprint density at radius 1 is 0.826 bits per heavy atom. The fourth-order valence-electron chi connectivity index (χ4n) is 2.86. The summed E-state index contributed by atoms with van der Waals surface area (Å²) in [6.07, 6.45) is 0. The third kappa shape index (κ3) is 4.28. The molecule has 2 nitrogen and oxygen atoms in total. The highest BCUT2D eigenvalue weighted by molar-refractivity contribution is 6.31. The highest BCUT2D eigenvalue weighted by Crippen LogP contribution is 2.20. The maximum Gasteiger partial charge on any atom is 0.127 e. The fourth-order valence-corrected chi connectivity index (χ4v) is 3.09. The third-order valence-electron chi connectivity index (χ3n) is 4.23. The van der Waals surface area contributed by atoms with Crippen LogP contribution in [0.5, 0.6) is 0 Å². The predicted molar refractivity (Wildman–Crippen MR) is 88.4 cm³/mol. The number of benzene rings is 2. The number of hydrogen-bond donors (Lipinski definition) is 0. The smallest absolute Gasteiger partial charge is 0.127 e. The fraction of sp³-hybridized carbons (Fsp3) is 0.333. The molecule has 0 radical (unpaired) electrons. The molecule has 0 aliphatic carbocycles. The van der Waals surface area contributed by atoms with Crippen molar-refractivity contribution in [1.82, 2.24) is 9.80 Å². The first kappa shape index (κ1) is 16.4. The molecular weight excluding hydrogens is 318 g/mol. The zero-order chi connectivity index (χ0) is 16.2. The van der Waals surface area contributed by atoms with Gasteiger partial charge in [-0.1, -0.05) is 35.9 Å². The first-order valence-corrected chi connectivity index (χ1v) is 8.11. The van der Waals surface area contributed by atoms with E-state index in [1.165, 1.54) is 18.2 Å². The van der Waals surface area contributed by atoms with Gasteiger partial charge >= 0.3 is 0 Å². The van der Waals surface area contributed by atoms with E-state index in [-0.39, 0.29) is 11.6 Å². The zero-order valence-electron chi connectivity index (χ0n) is 12.8. The van der Waals surface area contributed by atoms with Gasteiger partial charge in [0.05, 0.1) is 0 Å². The van der Waals surface area contributed by atoms with Gasteiger partial charge in [0.25, 0.3) is 0 Å². The van der Waals surface area contributed by atoms with E-state index in [1.54, 1.807) is 12.1 Å². The minimum absolute atomic E-state index is 0.145. The van der Waals surface area contributed by atoms with Gasteiger partial charge in [-0.15, -0.1) is 0 Å². The van der Waals surface area contributed by atoms with E-state index in [1.807, 2.05) is 12.1 Å². The van der Waals surface area contributed by atoms with Crippen molar-refractivity contribution in [2.24, 2.45) is 0 Å². The molecule has 3 rings (SSSR count). The lowest BCUT2D eigenvalue weighted by molar-refractivity contribution is 0.121. The second kappa shape index (κ2) is 7.39. The molecule has 5 heteroatoms. The van der Waals surface area contributed by atoms with Gasteiger partial charge in [0.15, 0.2) is 0 Å². The summed E-state index contributed by atoms with van der Waals surface area (Å²) in [5.74, 6) is -0.457. The van der Waals surface area contributed by atoms with Crippen LogP contribution in [0.3, 0.4) is 0 Å². The van der Waals surface area contributed by atoms with Crippen LogP contribution in [0.4, 0.5) is 8.78 Å². The highest BCUT2D eigenvalue weighted by Gasteiger charge is 2.18. The van der Waals surface area contributed by atoms with Gasteiger partial charge in [0.1, 0.15) is 11.6 Å². The molecule has 0 bridgehead atoms. The van der Waals surface area contributed by atoms with Crippen molar-refractivity contribution in [2.45, 2.75) is 13.1 Å². The largest absolute Gasteiger partial charge is 0.296 e. The molecule has 122 valence electrons. The molecule has 0 spiro atoms. The lowest BCUT2D eigenvalue weighted by Gasteiger charge is -2.35. The maximum absolute atomic E-state index is 13.7. The molecule has 2 aromatic rings. The molecule has 0 amide bonds. The van der Waals surface area contributed by atoms with Crippen molar-refractivity contribution in [3.8, 4) is 0 Å². The Hall–Kier alpha value is -1.49. The van der Waals surface area contributed by atoms with E-state index in [2.05, 4.69) is 9.80 Å². The van der Waals surface area contributed by atoms with E-state index in [0.717, 1.165) is 37.3 Å². The van der Waals surface area contributed by atoms with Crippen LogP contribution in [0, 0.1) is 11.6 Å². The standard InChI is InChI=1S/C18H19ClF2N2/c19-17-11-16(20)6-5-14(17)12-22-7-9-23(10-8-22)13-15-3-1-2-4-18(15)21/h1-6,11H,7-10,12-13H2. The summed E-state index contributed by atoms with van der Waals surface area (Å²) in [6, 6.07) is 11.4. The first-order valence-electron chi connectivity index (χ1n) is 7.74. The average Bonchev–Trinajstić information content (AvgIpc) is 2.54. The summed E-state index contributed by atoms with van der Waals surface area (Å²) in [7, 11) is 0. The molecule has 0 N–H and O–H groups in total. The van der Waals surface area contributed by atoms with Gasteiger partial charge in [0, 0.05) is 49.9 Å². The molecule has 0 atom stereocenters. The third-order valence-corrected chi connectivity index (χ3v) is 4.58. The number of piperazine rings is 1. The zero-order valence-corrected chi connectivity index (χ0v) is 13.6. The van der Waals surface area contributed by atoms with Gasteiger partial charge in [-0.2, -0.15) is 0 Å². The molecule has 1 aliphatic heterocycles. The van der Waals surface area contributed by atoms with Crippen molar-refractivity contribution in [2.75, 3.05) is 26.2 Å². The summed E-state index contributed by atoms with van der Waals surface area (Å²) >= 11 is 6.08. The van der Waals surface area contributed by atoms with Gasteiger partial charge < -0.3 is 0 Å².